The Kier molecular flexibility index (Phi) is 3.56. The van der Waals surface area contributed by atoms with Gasteiger partial charge in [-0.15, -0.1) is 0 Å². The van der Waals surface area contributed by atoms with Crippen LogP contribution >= 0.6 is 0 Å². The Bertz CT molecular complexity index is 351. The third-order valence-corrected chi connectivity index (χ3v) is 3.95. The second-order valence-corrected chi connectivity index (χ2v) is 4.95. The van der Waals surface area contributed by atoms with Gasteiger partial charge in [0.15, 0.2) is 0 Å². The molecule has 1 aromatic rings. The Hall–Kier alpha value is -0.930. The molecule has 3 unspecified atom stereocenters. The van der Waals surface area contributed by atoms with Crippen molar-refractivity contribution in [2.75, 3.05) is 0 Å². The predicted molar refractivity (Wildman–Crippen MR) is 65.5 cm³/mol. The number of hydrazine groups is 1. The minimum atomic E-state index is 0.256. The van der Waals surface area contributed by atoms with Crippen LogP contribution in [0.15, 0.2) is 18.5 Å². The van der Waals surface area contributed by atoms with E-state index in [0.29, 0.717) is 5.92 Å². The molecule has 1 aliphatic carbocycles. The Labute approximate surface area is 97.4 Å². The van der Waals surface area contributed by atoms with Crippen molar-refractivity contribution in [3.8, 4) is 0 Å². The van der Waals surface area contributed by atoms with E-state index in [1.807, 2.05) is 12.4 Å². The lowest BCUT2D eigenvalue weighted by Gasteiger charge is -2.27. The first-order valence-electron chi connectivity index (χ1n) is 6.10. The third kappa shape index (κ3) is 2.11. The summed E-state index contributed by atoms with van der Waals surface area (Å²) in [5.74, 6) is 7.13. The van der Waals surface area contributed by atoms with Crippen molar-refractivity contribution in [3.63, 3.8) is 0 Å². The van der Waals surface area contributed by atoms with E-state index in [-0.39, 0.29) is 6.04 Å². The first-order chi connectivity index (χ1) is 7.74. The van der Waals surface area contributed by atoms with Crippen LogP contribution in [0.2, 0.25) is 0 Å². The van der Waals surface area contributed by atoms with Crippen molar-refractivity contribution < 1.29 is 0 Å². The Morgan fingerprint density at radius 1 is 1.50 bits per heavy atom. The maximum Gasteiger partial charge on any atom is 0.0508 e. The van der Waals surface area contributed by atoms with Crippen LogP contribution in [-0.2, 0) is 0 Å². The van der Waals surface area contributed by atoms with Crippen molar-refractivity contribution in [3.05, 3.63) is 29.6 Å². The van der Waals surface area contributed by atoms with Crippen molar-refractivity contribution in [2.45, 2.75) is 39.2 Å². The van der Waals surface area contributed by atoms with Gasteiger partial charge in [0.2, 0.25) is 0 Å². The van der Waals surface area contributed by atoms with Gasteiger partial charge in [0.05, 0.1) is 6.04 Å². The average molecular weight is 219 g/mol. The summed E-state index contributed by atoms with van der Waals surface area (Å²) in [6, 6.07) is 2.31. The highest BCUT2D eigenvalue weighted by atomic mass is 15.2. The predicted octanol–water partition coefficient (Wildman–Crippen LogP) is 2.33. The fourth-order valence-corrected chi connectivity index (χ4v) is 2.92. The second kappa shape index (κ2) is 4.93. The van der Waals surface area contributed by atoms with E-state index in [2.05, 4.69) is 30.3 Å². The number of nitrogens with two attached hydrogens (primary N) is 1. The summed E-state index contributed by atoms with van der Waals surface area (Å²) in [6.07, 6.45) is 7.70. The molecule has 1 aliphatic rings. The molecule has 0 amide bonds. The molecule has 3 atom stereocenters. The number of rotatable bonds is 3. The van der Waals surface area contributed by atoms with E-state index in [9.17, 15) is 0 Å². The topological polar surface area (TPSA) is 50.9 Å². The smallest absolute Gasteiger partial charge is 0.0508 e. The number of pyridine rings is 1. The summed E-state index contributed by atoms with van der Waals surface area (Å²) in [5.41, 5.74) is 5.52. The molecule has 3 N–H and O–H groups in total. The molecule has 0 saturated heterocycles. The summed E-state index contributed by atoms with van der Waals surface area (Å²) in [7, 11) is 0. The van der Waals surface area contributed by atoms with Crippen LogP contribution in [0.25, 0.3) is 0 Å². The lowest BCUT2D eigenvalue weighted by molar-refractivity contribution is 0.303. The quantitative estimate of drug-likeness (QED) is 0.606. The van der Waals surface area contributed by atoms with Gasteiger partial charge in [0.1, 0.15) is 0 Å². The van der Waals surface area contributed by atoms with Crippen LogP contribution in [0, 0.1) is 18.8 Å². The van der Waals surface area contributed by atoms with Crippen LogP contribution < -0.4 is 11.3 Å². The van der Waals surface area contributed by atoms with E-state index in [1.165, 1.54) is 30.4 Å². The normalized spacial score (nSPS) is 26.9. The van der Waals surface area contributed by atoms with E-state index < -0.39 is 0 Å². The lowest BCUT2D eigenvalue weighted by atomic mass is 9.85. The van der Waals surface area contributed by atoms with Gasteiger partial charge in [-0.2, -0.15) is 0 Å². The Morgan fingerprint density at radius 3 is 2.88 bits per heavy atom. The molecule has 0 aromatic carbocycles. The summed E-state index contributed by atoms with van der Waals surface area (Å²) in [6.45, 7) is 4.45. The fraction of sp³-hybridized carbons (Fsp3) is 0.615. The average Bonchev–Trinajstić information content (AvgIpc) is 2.69. The van der Waals surface area contributed by atoms with Crippen LogP contribution in [-0.4, -0.2) is 4.98 Å². The maximum atomic E-state index is 5.74. The van der Waals surface area contributed by atoms with Gasteiger partial charge < -0.3 is 0 Å². The first kappa shape index (κ1) is 11.6. The molecule has 3 heteroatoms. The van der Waals surface area contributed by atoms with Crippen molar-refractivity contribution in [2.24, 2.45) is 17.7 Å². The van der Waals surface area contributed by atoms with E-state index >= 15 is 0 Å². The van der Waals surface area contributed by atoms with Crippen molar-refractivity contribution in [1.82, 2.24) is 10.4 Å². The molecule has 3 nitrogen and oxygen atoms in total. The first-order valence-corrected chi connectivity index (χ1v) is 6.10. The molecule has 1 heterocycles. The lowest BCUT2D eigenvalue weighted by Crippen LogP contribution is -2.35. The van der Waals surface area contributed by atoms with Crippen LogP contribution in [0.4, 0.5) is 0 Å². The number of nitrogens with zero attached hydrogens (tertiary/aromatic N) is 1. The van der Waals surface area contributed by atoms with E-state index in [4.69, 9.17) is 5.84 Å². The molecule has 1 saturated carbocycles. The molecular weight excluding hydrogens is 198 g/mol. The van der Waals surface area contributed by atoms with Crippen LogP contribution in [0.1, 0.15) is 43.4 Å². The van der Waals surface area contributed by atoms with Gasteiger partial charge in [0.25, 0.3) is 0 Å². The monoisotopic (exact) mass is 219 g/mol. The minimum Gasteiger partial charge on any atom is -0.271 e. The van der Waals surface area contributed by atoms with E-state index in [1.54, 1.807) is 0 Å². The molecular formula is C13H21N3. The standard InChI is InChI=1S/C13H21N3/c1-9-4-3-5-11(9)13(16-14)12-8-15-7-6-10(12)2/h6-9,11,13,16H,3-5,14H2,1-2H3. The Morgan fingerprint density at radius 2 is 2.31 bits per heavy atom. The SMILES string of the molecule is Cc1ccncc1C(NN)C1CCCC1C. The highest BCUT2D eigenvalue weighted by Crippen LogP contribution is 2.40. The molecule has 1 aromatic heterocycles. The summed E-state index contributed by atoms with van der Waals surface area (Å²) in [5, 5.41) is 0. The van der Waals surface area contributed by atoms with Crippen LogP contribution in [0.3, 0.4) is 0 Å². The molecule has 88 valence electrons. The zero-order chi connectivity index (χ0) is 11.5. The number of hydrogen-bond acceptors (Lipinski definition) is 3. The molecule has 1 fully saturated rings. The van der Waals surface area contributed by atoms with Gasteiger partial charge >= 0.3 is 0 Å². The van der Waals surface area contributed by atoms with Gasteiger partial charge in [-0.3, -0.25) is 16.3 Å². The number of nitrogens with one attached hydrogen (secondary N) is 1. The highest BCUT2D eigenvalue weighted by Gasteiger charge is 2.31. The zero-order valence-corrected chi connectivity index (χ0v) is 10.1. The summed E-state index contributed by atoms with van der Waals surface area (Å²) in [4.78, 5) is 4.22. The van der Waals surface area contributed by atoms with Gasteiger partial charge in [-0.05, 0) is 42.4 Å². The van der Waals surface area contributed by atoms with Crippen molar-refractivity contribution >= 4 is 0 Å². The fourth-order valence-electron chi connectivity index (χ4n) is 2.92. The molecule has 2 rings (SSSR count). The third-order valence-electron chi connectivity index (χ3n) is 3.95. The molecule has 0 aliphatic heterocycles. The molecule has 0 radical (unpaired) electrons. The zero-order valence-electron chi connectivity index (χ0n) is 10.1. The summed E-state index contributed by atoms with van der Waals surface area (Å²) >= 11 is 0. The largest absolute Gasteiger partial charge is 0.271 e. The van der Waals surface area contributed by atoms with E-state index in [0.717, 1.165) is 5.92 Å². The number of hydrogen-bond donors (Lipinski definition) is 2. The number of aryl methyl sites for hydroxylation is 1. The number of aromatic nitrogens is 1. The summed E-state index contributed by atoms with van der Waals surface area (Å²) < 4.78 is 0. The van der Waals surface area contributed by atoms with Gasteiger partial charge in [0, 0.05) is 12.4 Å². The molecule has 0 spiro atoms. The molecule has 16 heavy (non-hydrogen) atoms. The Balaban J connectivity index is 2.25. The van der Waals surface area contributed by atoms with Gasteiger partial charge in [-0.25, -0.2) is 0 Å². The van der Waals surface area contributed by atoms with Crippen molar-refractivity contribution in [1.29, 1.82) is 0 Å². The van der Waals surface area contributed by atoms with Crippen LogP contribution in [0.5, 0.6) is 0 Å². The van der Waals surface area contributed by atoms with Gasteiger partial charge in [-0.1, -0.05) is 19.8 Å². The highest BCUT2D eigenvalue weighted by molar-refractivity contribution is 5.26. The second-order valence-electron chi connectivity index (χ2n) is 4.95. The maximum absolute atomic E-state index is 5.74. The minimum absolute atomic E-state index is 0.256. The molecule has 0 bridgehead atoms.